The number of likely N-dealkylation sites (tertiary alicyclic amines) is 1. The number of aliphatic hydroxyl groups is 1. The molecule has 1 amide bonds. The zero-order valence-electron chi connectivity index (χ0n) is 17.0. The Kier molecular flexibility index (Phi) is 4.57. The Morgan fingerprint density at radius 1 is 1.21 bits per heavy atom. The molecule has 0 spiro atoms. The number of amides is 1. The minimum Gasteiger partial charge on any atom is -0.486 e. The van der Waals surface area contributed by atoms with Crippen LogP contribution in [0.25, 0.3) is 0 Å². The van der Waals surface area contributed by atoms with E-state index in [1.54, 1.807) is 0 Å². The van der Waals surface area contributed by atoms with Crippen LogP contribution in [0.15, 0.2) is 18.2 Å². The molecular formula is C22H28N4O3. The number of fused-ring (bicyclic) bond motifs is 2. The molecule has 2 fully saturated rings. The van der Waals surface area contributed by atoms with Crippen molar-refractivity contribution in [2.45, 2.75) is 58.3 Å². The Hall–Kier alpha value is -2.41. The molecule has 154 valence electrons. The van der Waals surface area contributed by atoms with E-state index in [2.05, 4.69) is 10.1 Å². The van der Waals surface area contributed by atoms with Crippen molar-refractivity contribution in [3.63, 3.8) is 0 Å². The second-order valence-corrected chi connectivity index (χ2v) is 8.81. The molecule has 7 nitrogen and oxygen atoms in total. The van der Waals surface area contributed by atoms with Crippen LogP contribution in [0.2, 0.25) is 0 Å². The summed E-state index contributed by atoms with van der Waals surface area (Å²) in [5.74, 6) is 1.42. The van der Waals surface area contributed by atoms with Gasteiger partial charge in [0.25, 0.3) is 5.91 Å². The average molecular weight is 396 g/mol. The maximum absolute atomic E-state index is 13.0. The van der Waals surface area contributed by atoms with Crippen LogP contribution in [-0.2, 0) is 13.0 Å². The Balaban J connectivity index is 1.26. The van der Waals surface area contributed by atoms with Crippen molar-refractivity contribution in [2.75, 3.05) is 13.1 Å². The van der Waals surface area contributed by atoms with Gasteiger partial charge < -0.3 is 14.7 Å². The summed E-state index contributed by atoms with van der Waals surface area (Å²) in [4.78, 5) is 19.3. The molecule has 0 bridgehead atoms. The Morgan fingerprint density at radius 2 is 2.00 bits per heavy atom. The van der Waals surface area contributed by atoms with E-state index in [0.29, 0.717) is 37.0 Å². The molecule has 1 saturated heterocycles. The van der Waals surface area contributed by atoms with Gasteiger partial charge in [-0.1, -0.05) is 0 Å². The van der Waals surface area contributed by atoms with Gasteiger partial charge in [-0.3, -0.25) is 14.5 Å². The third-order valence-electron chi connectivity index (χ3n) is 6.71. The monoisotopic (exact) mass is 396 g/mol. The van der Waals surface area contributed by atoms with Crippen LogP contribution in [0.3, 0.4) is 0 Å². The summed E-state index contributed by atoms with van der Waals surface area (Å²) in [5.41, 5.74) is 3.52. The van der Waals surface area contributed by atoms with Crippen molar-refractivity contribution in [3.05, 3.63) is 41.0 Å². The van der Waals surface area contributed by atoms with Crippen LogP contribution < -0.4 is 4.74 Å². The predicted octanol–water partition coefficient (Wildman–Crippen LogP) is 2.13. The molecule has 1 N–H and O–H groups in total. The summed E-state index contributed by atoms with van der Waals surface area (Å²) in [7, 11) is 0. The zero-order valence-corrected chi connectivity index (χ0v) is 17.0. The largest absolute Gasteiger partial charge is 0.486 e. The van der Waals surface area contributed by atoms with Gasteiger partial charge in [0.15, 0.2) is 5.69 Å². The standard InChI is InChI=1S/C22H28N4O3/c1-13-5-6-20(14(2)23-13)29-21-9-16-12-25(11-15(16)8-19(21)27)22(28)18-10-17-4-3-7-26(17)24-18/h5-6,10,15-16,19,21,27H,3-4,7-9,11-12H2,1-2H3/t15-,16+,19+,21+/m0/s1. The quantitative estimate of drug-likeness (QED) is 0.860. The summed E-state index contributed by atoms with van der Waals surface area (Å²) < 4.78 is 8.11. The van der Waals surface area contributed by atoms with Crippen LogP contribution in [0.4, 0.5) is 0 Å². The number of aromatic nitrogens is 3. The second-order valence-electron chi connectivity index (χ2n) is 8.81. The second kappa shape index (κ2) is 7.13. The van der Waals surface area contributed by atoms with Crippen LogP contribution in [-0.4, -0.2) is 56.0 Å². The number of nitrogens with zero attached hydrogens (tertiary/aromatic N) is 4. The number of hydrogen-bond acceptors (Lipinski definition) is 5. The van der Waals surface area contributed by atoms with Crippen molar-refractivity contribution in [3.8, 4) is 5.75 Å². The third kappa shape index (κ3) is 3.41. The number of aryl methyl sites for hydroxylation is 4. The molecule has 0 unspecified atom stereocenters. The van der Waals surface area contributed by atoms with Crippen LogP contribution in [0, 0.1) is 25.7 Å². The number of aliphatic hydroxyl groups excluding tert-OH is 1. The SMILES string of the molecule is Cc1ccc(O[C@@H]2C[C@@H]3CN(C(=O)c4cc5n(n4)CCC5)C[C@@H]3C[C@H]2O)c(C)n1. The third-order valence-corrected chi connectivity index (χ3v) is 6.71. The minimum absolute atomic E-state index is 0.0202. The number of rotatable bonds is 3. The molecule has 0 radical (unpaired) electrons. The van der Waals surface area contributed by atoms with E-state index in [4.69, 9.17) is 4.74 Å². The van der Waals surface area contributed by atoms with E-state index in [9.17, 15) is 9.90 Å². The molecule has 5 rings (SSSR count). The number of carbonyl (C=O) groups excluding carboxylic acids is 1. The van der Waals surface area contributed by atoms with Gasteiger partial charge in [0.05, 0.1) is 11.8 Å². The van der Waals surface area contributed by atoms with Gasteiger partial charge in [-0.05, 0) is 69.6 Å². The molecule has 1 saturated carbocycles. The van der Waals surface area contributed by atoms with E-state index in [0.717, 1.165) is 48.6 Å². The molecule has 1 aliphatic carbocycles. The Morgan fingerprint density at radius 3 is 2.76 bits per heavy atom. The lowest BCUT2D eigenvalue weighted by atomic mass is 9.78. The molecule has 3 aliphatic rings. The number of ether oxygens (including phenoxy) is 1. The fourth-order valence-electron chi connectivity index (χ4n) is 5.17. The lowest BCUT2D eigenvalue weighted by Crippen LogP contribution is -2.42. The first-order valence-corrected chi connectivity index (χ1v) is 10.6. The van der Waals surface area contributed by atoms with E-state index < -0.39 is 6.10 Å². The van der Waals surface area contributed by atoms with Crippen molar-refractivity contribution in [1.82, 2.24) is 19.7 Å². The smallest absolute Gasteiger partial charge is 0.274 e. The first-order valence-electron chi connectivity index (χ1n) is 10.6. The fourth-order valence-corrected chi connectivity index (χ4v) is 5.17. The zero-order chi connectivity index (χ0) is 20.1. The van der Waals surface area contributed by atoms with Gasteiger partial charge in [0, 0.05) is 31.0 Å². The van der Waals surface area contributed by atoms with Gasteiger partial charge in [0.2, 0.25) is 0 Å². The maximum atomic E-state index is 13.0. The van der Waals surface area contributed by atoms with Crippen molar-refractivity contribution in [1.29, 1.82) is 0 Å². The van der Waals surface area contributed by atoms with E-state index in [1.807, 2.05) is 41.6 Å². The number of hydrogen-bond donors (Lipinski definition) is 1. The minimum atomic E-state index is -0.525. The fraction of sp³-hybridized carbons (Fsp3) is 0.591. The number of carbonyl (C=O) groups is 1. The Labute approximate surface area is 170 Å². The van der Waals surface area contributed by atoms with Crippen LogP contribution in [0.1, 0.15) is 46.8 Å². The topological polar surface area (TPSA) is 80.5 Å². The lowest BCUT2D eigenvalue weighted by Gasteiger charge is -2.35. The van der Waals surface area contributed by atoms with Crippen LogP contribution in [0.5, 0.6) is 5.75 Å². The average Bonchev–Trinajstić information content (AvgIpc) is 3.37. The summed E-state index contributed by atoms with van der Waals surface area (Å²) in [5, 5.41) is 15.2. The Bertz CT molecular complexity index is 919. The van der Waals surface area contributed by atoms with Gasteiger partial charge in [-0.15, -0.1) is 0 Å². The van der Waals surface area contributed by atoms with Gasteiger partial charge in [-0.2, -0.15) is 5.10 Å². The molecule has 7 heteroatoms. The molecule has 0 aromatic carbocycles. The highest BCUT2D eigenvalue weighted by molar-refractivity contribution is 5.92. The predicted molar refractivity (Wildman–Crippen MR) is 107 cm³/mol. The molecule has 29 heavy (non-hydrogen) atoms. The number of pyridine rings is 1. The molecule has 2 aliphatic heterocycles. The van der Waals surface area contributed by atoms with E-state index >= 15 is 0 Å². The molecule has 4 atom stereocenters. The highest BCUT2D eigenvalue weighted by Gasteiger charge is 2.44. The maximum Gasteiger partial charge on any atom is 0.274 e. The summed E-state index contributed by atoms with van der Waals surface area (Å²) in [6, 6.07) is 5.81. The molecule has 2 aromatic rings. The van der Waals surface area contributed by atoms with E-state index in [-0.39, 0.29) is 12.0 Å². The molecule has 2 aromatic heterocycles. The summed E-state index contributed by atoms with van der Waals surface area (Å²) in [6.45, 7) is 6.20. The normalized spacial score (nSPS) is 28.3. The van der Waals surface area contributed by atoms with Gasteiger partial charge in [0.1, 0.15) is 11.9 Å². The lowest BCUT2D eigenvalue weighted by molar-refractivity contribution is -0.0236. The van der Waals surface area contributed by atoms with Crippen molar-refractivity contribution >= 4 is 5.91 Å². The van der Waals surface area contributed by atoms with Crippen LogP contribution >= 0.6 is 0 Å². The van der Waals surface area contributed by atoms with E-state index in [1.165, 1.54) is 0 Å². The highest BCUT2D eigenvalue weighted by Crippen LogP contribution is 2.38. The van der Waals surface area contributed by atoms with Gasteiger partial charge >= 0.3 is 0 Å². The van der Waals surface area contributed by atoms with Crippen molar-refractivity contribution < 1.29 is 14.6 Å². The summed E-state index contributed by atoms with van der Waals surface area (Å²) >= 11 is 0. The molecular weight excluding hydrogens is 368 g/mol. The first-order chi connectivity index (χ1) is 14.0. The van der Waals surface area contributed by atoms with Gasteiger partial charge in [-0.25, -0.2) is 0 Å². The highest BCUT2D eigenvalue weighted by atomic mass is 16.5. The molecule has 4 heterocycles. The summed E-state index contributed by atoms with van der Waals surface area (Å²) in [6.07, 6.45) is 2.75. The first kappa shape index (κ1) is 18.6. The van der Waals surface area contributed by atoms with Crippen molar-refractivity contribution in [2.24, 2.45) is 11.8 Å².